The number of hydrogen-bond acceptors (Lipinski definition) is 5. The molecular formula is C14H13N3O2S. The van der Waals surface area contributed by atoms with Crippen LogP contribution in [0.25, 0.3) is 4.96 Å². The van der Waals surface area contributed by atoms with Gasteiger partial charge in [0, 0.05) is 30.4 Å². The standard InChI is InChI=1S/C14H13N3O2S/c1-16(10-4-3-5-11(8-10)19-2)13-12(9-18)17-6-7-20-14(17)15-13/h3-9H,1-2H3. The number of methoxy groups -OCH3 is 1. The van der Waals surface area contributed by atoms with Crippen LogP contribution in [0.2, 0.25) is 0 Å². The van der Waals surface area contributed by atoms with Gasteiger partial charge in [0.25, 0.3) is 0 Å². The Hall–Kier alpha value is -2.34. The molecule has 0 bridgehead atoms. The summed E-state index contributed by atoms with van der Waals surface area (Å²) in [6, 6.07) is 7.64. The molecule has 5 nitrogen and oxygen atoms in total. The number of imidazole rings is 1. The van der Waals surface area contributed by atoms with Gasteiger partial charge < -0.3 is 9.64 Å². The number of anilines is 2. The third-order valence-corrected chi connectivity index (χ3v) is 3.91. The van der Waals surface area contributed by atoms with E-state index < -0.39 is 0 Å². The van der Waals surface area contributed by atoms with Crippen molar-refractivity contribution in [2.45, 2.75) is 0 Å². The van der Waals surface area contributed by atoms with Gasteiger partial charge in [-0.15, -0.1) is 11.3 Å². The zero-order chi connectivity index (χ0) is 14.1. The summed E-state index contributed by atoms with van der Waals surface area (Å²) in [5.74, 6) is 1.41. The highest BCUT2D eigenvalue weighted by atomic mass is 32.1. The molecule has 102 valence electrons. The van der Waals surface area contributed by atoms with E-state index in [9.17, 15) is 4.79 Å². The van der Waals surface area contributed by atoms with Crippen LogP contribution in [0.1, 0.15) is 10.5 Å². The highest BCUT2D eigenvalue weighted by molar-refractivity contribution is 7.15. The number of thiazole rings is 1. The number of fused-ring (bicyclic) bond motifs is 1. The predicted octanol–water partition coefficient (Wildman–Crippen LogP) is 2.98. The molecule has 1 aromatic carbocycles. The number of carbonyl (C=O) groups is 1. The van der Waals surface area contributed by atoms with Crippen LogP contribution in [0.15, 0.2) is 35.8 Å². The fourth-order valence-electron chi connectivity index (χ4n) is 2.09. The summed E-state index contributed by atoms with van der Waals surface area (Å²) in [6.07, 6.45) is 2.68. The van der Waals surface area contributed by atoms with Crippen LogP contribution >= 0.6 is 11.3 Å². The van der Waals surface area contributed by atoms with E-state index in [0.29, 0.717) is 11.5 Å². The number of rotatable bonds is 4. The molecule has 3 rings (SSSR count). The van der Waals surface area contributed by atoms with E-state index >= 15 is 0 Å². The zero-order valence-electron chi connectivity index (χ0n) is 11.1. The first-order chi connectivity index (χ1) is 9.74. The Kier molecular flexibility index (Phi) is 3.15. The molecule has 0 saturated heterocycles. The molecular weight excluding hydrogens is 274 g/mol. The summed E-state index contributed by atoms with van der Waals surface area (Å²) in [4.78, 5) is 18.5. The number of nitrogens with zero attached hydrogens (tertiary/aromatic N) is 3. The summed E-state index contributed by atoms with van der Waals surface area (Å²) in [7, 11) is 3.51. The molecule has 0 saturated carbocycles. The van der Waals surface area contributed by atoms with E-state index in [0.717, 1.165) is 22.7 Å². The summed E-state index contributed by atoms with van der Waals surface area (Å²) in [5.41, 5.74) is 1.46. The van der Waals surface area contributed by atoms with Crippen molar-refractivity contribution in [3.05, 3.63) is 41.5 Å². The number of benzene rings is 1. The number of aldehydes is 1. The lowest BCUT2D eigenvalue weighted by molar-refractivity contribution is 0.111. The van der Waals surface area contributed by atoms with Gasteiger partial charge in [0.2, 0.25) is 0 Å². The average Bonchev–Trinajstić information content (AvgIpc) is 3.06. The van der Waals surface area contributed by atoms with Crippen molar-refractivity contribution in [1.82, 2.24) is 9.38 Å². The van der Waals surface area contributed by atoms with Crippen LogP contribution in [-0.4, -0.2) is 29.8 Å². The number of hydrogen-bond donors (Lipinski definition) is 0. The maximum atomic E-state index is 11.4. The summed E-state index contributed by atoms with van der Waals surface area (Å²) >= 11 is 1.50. The zero-order valence-corrected chi connectivity index (χ0v) is 11.9. The Balaban J connectivity index is 2.09. The summed E-state index contributed by atoms with van der Waals surface area (Å²) in [6.45, 7) is 0. The molecule has 3 aromatic rings. The van der Waals surface area contributed by atoms with E-state index in [1.807, 2.05) is 47.8 Å². The SMILES string of the molecule is COc1cccc(N(C)c2nc3sccn3c2C=O)c1. The monoisotopic (exact) mass is 287 g/mol. The Morgan fingerprint density at radius 2 is 2.30 bits per heavy atom. The maximum Gasteiger partial charge on any atom is 0.196 e. The fourth-order valence-corrected chi connectivity index (χ4v) is 2.81. The largest absolute Gasteiger partial charge is 0.497 e. The summed E-state index contributed by atoms with van der Waals surface area (Å²) < 4.78 is 7.02. The normalized spacial score (nSPS) is 10.7. The molecule has 2 aromatic heterocycles. The van der Waals surface area contributed by atoms with Gasteiger partial charge in [-0.25, -0.2) is 4.98 Å². The van der Waals surface area contributed by atoms with Gasteiger partial charge in [-0.1, -0.05) is 6.07 Å². The molecule has 0 aliphatic carbocycles. The minimum Gasteiger partial charge on any atom is -0.497 e. The second-order valence-corrected chi connectivity index (χ2v) is 5.13. The topological polar surface area (TPSA) is 46.8 Å². The van der Waals surface area contributed by atoms with Crippen LogP contribution in [-0.2, 0) is 0 Å². The third-order valence-electron chi connectivity index (χ3n) is 3.15. The molecule has 0 spiro atoms. The minimum absolute atomic E-state index is 0.548. The molecule has 0 atom stereocenters. The lowest BCUT2D eigenvalue weighted by Gasteiger charge is -2.17. The highest BCUT2D eigenvalue weighted by Gasteiger charge is 2.17. The minimum atomic E-state index is 0.548. The van der Waals surface area contributed by atoms with Gasteiger partial charge >= 0.3 is 0 Å². The lowest BCUT2D eigenvalue weighted by atomic mass is 10.2. The lowest BCUT2D eigenvalue weighted by Crippen LogP contribution is -2.12. The van der Waals surface area contributed by atoms with E-state index in [-0.39, 0.29) is 0 Å². The first-order valence-corrected chi connectivity index (χ1v) is 6.91. The van der Waals surface area contributed by atoms with Gasteiger partial charge in [-0.3, -0.25) is 9.20 Å². The number of carbonyl (C=O) groups excluding carboxylic acids is 1. The molecule has 0 aliphatic heterocycles. The molecule has 0 aliphatic rings. The molecule has 20 heavy (non-hydrogen) atoms. The summed E-state index contributed by atoms with van der Waals surface area (Å²) in [5, 5.41) is 1.91. The first-order valence-electron chi connectivity index (χ1n) is 6.03. The van der Waals surface area contributed by atoms with E-state index in [4.69, 9.17) is 4.74 Å². The Morgan fingerprint density at radius 3 is 3.05 bits per heavy atom. The third kappa shape index (κ3) is 1.94. The Labute approximate surface area is 120 Å². The highest BCUT2D eigenvalue weighted by Crippen LogP contribution is 2.29. The van der Waals surface area contributed by atoms with Crippen LogP contribution in [0.3, 0.4) is 0 Å². The maximum absolute atomic E-state index is 11.4. The second kappa shape index (κ2) is 4.97. The fraction of sp³-hybridized carbons (Fsp3) is 0.143. The average molecular weight is 287 g/mol. The Morgan fingerprint density at radius 1 is 1.45 bits per heavy atom. The van der Waals surface area contributed by atoms with Gasteiger partial charge in [0.1, 0.15) is 11.4 Å². The van der Waals surface area contributed by atoms with Gasteiger partial charge in [0.05, 0.1) is 7.11 Å². The second-order valence-electron chi connectivity index (χ2n) is 4.25. The van der Waals surface area contributed by atoms with Crippen molar-refractivity contribution in [3.63, 3.8) is 0 Å². The van der Waals surface area contributed by atoms with Crippen LogP contribution in [0.5, 0.6) is 5.75 Å². The van der Waals surface area contributed by atoms with Crippen molar-refractivity contribution >= 4 is 34.1 Å². The van der Waals surface area contributed by atoms with Crippen molar-refractivity contribution in [1.29, 1.82) is 0 Å². The van der Waals surface area contributed by atoms with Crippen LogP contribution < -0.4 is 9.64 Å². The van der Waals surface area contributed by atoms with Crippen molar-refractivity contribution in [2.75, 3.05) is 19.1 Å². The first kappa shape index (κ1) is 12.7. The molecule has 0 fully saturated rings. The molecule has 0 amide bonds. The molecule has 2 heterocycles. The molecule has 0 radical (unpaired) electrons. The molecule has 0 unspecified atom stereocenters. The van der Waals surface area contributed by atoms with Gasteiger partial charge in [-0.05, 0) is 12.1 Å². The smallest absolute Gasteiger partial charge is 0.196 e. The quantitative estimate of drug-likeness (QED) is 0.692. The van der Waals surface area contributed by atoms with E-state index in [1.54, 1.807) is 11.5 Å². The van der Waals surface area contributed by atoms with Crippen LogP contribution in [0, 0.1) is 0 Å². The van der Waals surface area contributed by atoms with E-state index in [2.05, 4.69) is 4.98 Å². The Bertz CT molecular complexity index is 763. The molecule has 0 N–H and O–H groups in total. The van der Waals surface area contributed by atoms with Crippen molar-refractivity contribution < 1.29 is 9.53 Å². The van der Waals surface area contributed by atoms with Crippen molar-refractivity contribution in [2.24, 2.45) is 0 Å². The predicted molar refractivity (Wildman–Crippen MR) is 79.5 cm³/mol. The van der Waals surface area contributed by atoms with Gasteiger partial charge in [-0.2, -0.15) is 0 Å². The molecule has 6 heteroatoms. The number of aromatic nitrogens is 2. The van der Waals surface area contributed by atoms with Gasteiger partial charge in [0.15, 0.2) is 17.1 Å². The number of ether oxygens (including phenoxy) is 1. The van der Waals surface area contributed by atoms with Crippen molar-refractivity contribution in [3.8, 4) is 5.75 Å². The van der Waals surface area contributed by atoms with Crippen LogP contribution in [0.4, 0.5) is 11.5 Å². The van der Waals surface area contributed by atoms with E-state index in [1.165, 1.54) is 11.3 Å².